The van der Waals surface area contributed by atoms with Crippen molar-refractivity contribution in [3.63, 3.8) is 0 Å². The third-order valence-electron chi connectivity index (χ3n) is 2.56. The Morgan fingerprint density at radius 3 is 2.65 bits per heavy atom. The van der Waals surface area contributed by atoms with Gasteiger partial charge in [0.15, 0.2) is 0 Å². The zero-order chi connectivity index (χ0) is 12.8. The molecular weight excluding hydrogens is 236 g/mol. The average Bonchev–Trinajstić information content (AvgIpc) is 2.23. The van der Waals surface area contributed by atoms with Gasteiger partial charge in [-0.1, -0.05) is 0 Å². The number of alkyl halides is 1. The van der Waals surface area contributed by atoms with Crippen LogP contribution in [0.3, 0.4) is 0 Å². The van der Waals surface area contributed by atoms with E-state index >= 15 is 0 Å². The lowest BCUT2D eigenvalue weighted by atomic mass is 10.1. The fraction of sp³-hybridized carbons (Fsp3) is 0.615. The van der Waals surface area contributed by atoms with E-state index < -0.39 is 0 Å². The third kappa shape index (κ3) is 4.52. The zero-order valence-electron chi connectivity index (χ0n) is 11.1. The Morgan fingerprint density at radius 2 is 2.06 bits per heavy atom. The van der Waals surface area contributed by atoms with Gasteiger partial charge >= 0.3 is 0 Å². The fourth-order valence-corrected chi connectivity index (χ4v) is 1.99. The minimum Gasteiger partial charge on any atom is -0.477 e. The summed E-state index contributed by atoms with van der Waals surface area (Å²) in [5.74, 6) is 1.14. The van der Waals surface area contributed by atoms with Crippen molar-refractivity contribution < 1.29 is 4.74 Å². The predicted octanol–water partition coefficient (Wildman–Crippen LogP) is 2.77. The molecule has 0 atom stereocenters. The fourth-order valence-electron chi connectivity index (χ4n) is 1.66. The zero-order valence-corrected chi connectivity index (χ0v) is 11.8. The molecule has 1 heterocycles. The van der Waals surface area contributed by atoms with Gasteiger partial charge in [0.2, 0.25) is 5.88 Å². The number of hydrogen-bond acceptors (Lipinski definition) is 3. The number of pyridine rings is 1. The number of nitrogens with zero attached hydrogens (tertiary/aromatic N) is 2. The van der Waals surface area contributed by atoms with E-state index in [1.165, 1.54) is 0 Å². The molecule has 0 aliphatic carbocycles. The summed E-state index contributed by atoms with van der Waals surface area (Å²) < 4.78 is 5.72. The number of halogens is 1. The first-order valence-corrected chi connectivity index (χ1v) is 6.38. The summed E-state index contributed by atoms with van der Waals surface area (Å²) in [5, 5.41) is 0. The molecule has 1 aromatic rings. The second kappa shape index (κ2) is 6.82. The van der Waals surface area contributed by atoms with E-state index in [0.717, 1.165) is 29.8 Å². The van der Waals surface area contributed by atoms with E-state index in [4.69, 9.17) is 16.3 Å². The topological polar surface area (TPSA) is 25.4 Å². The van der Waals surface area contributed by atoms with Crippen LogP contribution in [0.4, 0.5) is 0 Å². The van der Waals surface area contributed by atoms with Crippen LogP contribution in [0.25, 0.3) is 0 Å². The number of rotatable bonds is 6. The molecule has 0 N–H and O–H groups in total. The lowest BCUT2D eigenvalue weighted by Gasteiger charge is -2.13. The van der Waals surface area contributed by atoms with Gasteiger partial charge in [0, 0.05) is 17.8 Å². The van der Waals surface area contributed by atoms with Gasteiger partial charge in [0.1, 0.15) is 0 Å². The van der Waals surface area contributed by atoms with Crippen molar-refractivity contribution in [1.82, 2.24) is 9.88 Å². The second-order valence-electron chi connectivity index (χ2n) is 4.50. The van der Waals surface area contributed by atoms with Crippen molar-refractivity contribution in [2.45, 2.75) is 26.1 Å². The van der Waals surface area contributed by atoms with E-state index in [-0.39, 0.29) is 0 Å². The lowest BCUT2D eigenvalue weighted by molar-refractivity contribution is 0.271. The Labute approximate surface area is 109 Å². The summed E-state index contributed by atoms with van der Waals surface area (Å²) in [5.41, 5.74) is 3.12. The molecule has 0 saturated carbocycles. The van der Waals surface area contributed by atoms with Crippen molar-refractivity contribution in [3.8, 4) is 5.88 Å². The number of ether oxygens (including phenoxy) is 1. The summed E-state index contributed by atoms with van der Waals surface area (Å²) in [6, 6.07) is 2.03. The van der Waals surface area contributed by atoms with Crippen LogP contribution >= 0.6 is 11.6 Å². The SMILES string of the molecule is Cc1cc(C)c(CCl)c(OCCCN(C)C)n1. The molecule has 0 radical (unpaired) electrons. The molecule has 0 bridgehead atoms. The molecule has 1 rings (SSSR count). The molecule has 0 aromatic carbocycles. The van der Waals surface area contributed by atoms with Crippen molar-refractivity contribution in [2.75, 3.05) is 27.2 Å². The van der Waals surface area contributed by atoms with Gasteiger partial charge in [-0.15, -0.1) is 11.6 Å². The van der Waals surface area contributed by atoms with Gasteiger partial charge in [0.05, 0.1) is 12.5 Å². The van der Waals surface area contributed by atoms with Gasteiger partial charge in [-0.3, -0.25) is 0 Å². The molecule has 96 valence electrons. The Hall–Kier alpha value is -0.800. The van der Waals surface area contributed by atoms with Crippen molar-refractivity contribution in [3.05, 3.63) is 22.9 Å². The van der Waals surface area contributed by atoms with E-state index in [1.54, 1.807) is 0 Å². The van der Waals surface area contributed by atoms with Crippen LogP contribution in [0, 0.1) is 13.8 Å². The summed E-state index contributed by atoms with van der Waals surface area (Å²) in [4.78, 5) is 6.54. The monoisotopic (exact) mass is 256 g/mol. The molecule has 0 saturated heterocycles. The summed E-state index contributed by atoms with van der Waals surface area (Å²) in [7, 11) is 4.11. The minimum atomic E-state index is 0.447. The van der Waals surface area contributed by atoms with E-state index in [1.807, 2.05) is 19.9 Å². The van der Waals surface area contributed by atoms with Crippen LogP contribution in [0.15, 0.2) is 6.07 Å². The molecule has 17 heavy (non-hydrogen) atoms. The number of aromatic nitrogens is 1. The smallest absolute Gasteiger partial charge is 0.218 e. The quantitative estimate of drug-likeness (QED) is 0.578. The molecule has 0 aliphatic heterocycles. The maximum absolute atomic E-state index is 5.92. The van der Waals surface area contributed by atoms with E-state index in [9.17, 15) is 0 Å². The first-order valence-electron chi connectivity index (χ1n) is 5.85. The van der Waals surface area contributed by atoms with Crippen molar-refractivity contribution in [2.24, 2.45) is 0 Å². The highest BCUT2D eigenvalue weighted by Gasteiger charge is 2.09. The van der Waals surface area contributed by atoms with Gasteiger partial charge in [-0.25, -0.2) is 4.98 Å². The second-order valence-corrected chi connectivity index (χ2v) is 4.77. The molecular formula is C13H21ClN2O. The summed E-state index contributed by atoms with van der Waals surface area (Å²) in [6.07, 6.45) is 0.989. The highest BCUT2D eigenvalue weighted by molar-refractivity contribution is 6.17. The largest absolute Gasteiger partial charge is 0.477 e. The molecule has 0 amide bonds. The highest BCUT2D eigenvalue weighted by atomic mass is 35.5. The lowest BCUT2D eigenvalue weighted by Crippen LogP contribution is -2.16. The Balaban J connectivity index is 2.63. The van der Waals surface area contributed by atoms with Crippen LogP contribution in [-0.2, 0) is 5.88 Å². The first kappa shape index (κ1) is 14.3. The van der Waals surface area contributed by atoms with Crippen LogP contribution in [0.1, 0.15) is 23.2 Å². The van der Waals surface area contributed by atoms with Crippen molar-refractivity contribution in [1.29, 1.82) is 0 Å². The third-order valence-corrected chi connectivity index (χ3v) is 2.83. The standard InChI is InChI=1S/C13H21ClN2O/c1-10-8-11(2)15-13(12(10)9-14)17-7-5-6-16(3)4/h8H,5-7,9H2,1-4H3. The maximum Gasteiger partial charge on any atom is 0.218 e. The van der Waals surface area contributed by atoms with E-state index in [2.05, 4.69) is 24.0 Å². The average molecular weight is 257 g/mol. The van der Waals surface area contributed by atoms with E-state index in [0.29, 0.717) is 18.4 Å². The Bertz CT molecular complexity index is 367. The van der Waals surface area contributed by atoms with Gasteiger partial charge in [-0.2, -0.15) is 0 Å². The van der Waals surface area contributed by atoms with Crippen molar-refractivity contribution >= 4 is 11.6 Å². The normalized spacial score (nSPS) is 10.9. The predicted molar refractivity (Wildman–Crippen MR) is 71.9 cm³/mol. The first-order chi connectivity index (χ1) is 8.04. The number of hydrogen-bond donors (Lipinski definition) is 0. The molecule has 4 heteroatoms. The molecule has 0 spiro atoms. The molecule has 1 aromatic heterocycles. The van der Waals surface area contributed by atoms with Gasteiger partial charge in [0.25, 0.3) is 0 Å². The Kier molecular flexibility index (Phi) is 5.72. The van der Waals surface area contributed by atoms with Crippen LogP contribution in [0.5, 0.6) is 5.88 Å². The van der Waals surface area contributed by atoms with Crippen LogP contribution in [0.2, 0.25) is 0 Å². The molecule has 0 fully saturated rings. The molecule has 3 nitrogen and oxygen atoms in total. The summed E-state index contributed by atoms with van der Waals surface area (Å²) in [6.45, 7) is 5.70. The summed E-state index contributed by atoms with van der Waals surface area (Å²) >= 11 is 5.92. The minimum absolute atomic E-state index is 0.447. The van der Waals surface area contributed by atoms with Gasteiger partial charge < -0.3 is 9.64 Å². The van der Waals surface area contributed by atoms with Gasteiger partial charge in [-0.05, 0) is 46.0 Å². The van der Waals surface area contributed by atoms with Crippen LogP contribution in [-0.4, -0.2) is 37.1 Å². The molecule has 0 unspecified atom stereocenters. The number of aryl methyl sites for hydroxylation is 2. The highest BCUT2D eigenvalue weighted by Crippen LogP contribution is 2.22. The van der Waals surface area contributed by atoms with Crippen LogP contribution < -0.4 is 4.74 Å². The Morgan fingerprint density at radius 1 is 1.35 bits per heavy atom. The molecule has 0 aliphatic rings. The maximum atomic E-state index is 5.92.